The van der Waals surface area contributed by atoms with Crippen molar-refractivity contribution in [2.24, 2.45) is 0 Å². The molecule has 1 amide bonds. The van der Waals surface area contributed by atoms with Gasteiger partial charge in [0.2, 0.25) is 0 Å². The lowest BCUT2D eigenvalue weighted by molar-refractivity contribution is -0.0328. The number of carbonyl (C=O) groups excluding carboxylic acids is 1. The highest BCUT2D eigenvalue weighted by Gasteiger charge is 2.30. The molecule has 0 bridgehead atoms. The van der Waals surface area contributed by atoms with Crippen LogP contribution in [-0.4, -0.2) is 21.6 Å². The largest absolute Gasteiger partial charge is 0.446 e. The van der Waals surface area contributed by atoms with Gasteiger partial charge in [-0.3, -0.25) is 9.89 Å². The average molecular weight is 301 g/mol. The molecule has 0 fully saturated rings. The molecule has 2 rings (SSSR count). The quantitative estimate of drug-likeness (QED) is 0.852. The van der Waals surface area contributed by atoms with Crippen LogP contribution >= 0.6 is 11.8 Å². The SMILES string of the molecule is Cc1[nH]ncc1C(=O)Nc1ccccc1SC(F)(F)F. The molecule has 0 unspecified atom stereocenters. The highest BCUT2D eigenvalue weighted by molar-refractivity contribution is 8.00. The van der Waals surface area contributed by atoms with Crippen molar-refractivity contribution >= 4 is 23.4 Å². The third-order valence-electron chi connectivity index (χ3n) is 2.44. The second-order valence-electron chi connectivity index (χ2n) is 3.91. The zero-order chi connectivity index (χ0) is 14.8. The summed E-state index contributed by atoms with van der Waals surface area (Å²) in [6.07, 6.45) is 1.32. The summed E-state index contributed by atoms with van der Waals surface area (Å²) >= 11 is -0.267. The van der Waals surface area contributed by atoms with Crippen molar-refractivity contribution in [3.05, 3.63) is 41.7 Å². The Morgan fingerprint density at radius 3 is 2.65 bits per heavy atom. The molecule has 0 saturated heterocycles. The number of hydrogen-bond donors (Lipinski definition) is 2. The molecule has 0 spiro atoms. The number of aromatic nitrogens is 2. The van der Waals surface area contributed by atoms with Crippen molar-refractivity contribution in [3.8, 4) is 0 Å². The van der Waals surface area contributed by atoms with Gasteiger partial charge in [0.1, 0.15) is 0 Å². The third kappa shape index (κ3) is 3.53. The van der Waals surface area contributed by atoms with E-state index in [1.54, 1.807) is 13.0 Å². The molecule has 2 aromatic rings. The number of amides is 1. The fourth-order valence-electron chi connectivity index (χ4n) is 1.55. The summed E-state index contributed by atoms with van der Waals surface area (Å²) < 4.78 is 37.3. The van der Waals surface area contributed by atoms with Gasteiger partial charge in [-0.05, 0) is 30.8 Å². The van der Waals surface area contributed by atoms with Crippen LogP contribution in [0.15, 0.2) is 35.4 Å². The van der Waals surface area contributed by atoms with E-state index in [1.807, 2.05) is 0 Å². The van der Waals surface area contributed by atoms with Gasteiger partial charge in [-0.25, -0.2) is 0 Å². The van der Waals surface area contributed by atoms with E-state index in [2.05, 4.69) is 15.5 Å². The first-order chi connectivity index (χ1) is 9.37. The number of rotatable bonds is 3. The first-order valence-corrected chi connectivity index (χ1v) is 6.34. The Bertz CT molecular complexity index is 624. The van der Waals surface area contributed by atoms with Crippen molar-refractivity contribution < 1.29 is 18.0 Å². The van der Waals surface area contributed by atoms with Crippen molar-refractivity contribution in [1.82, 2.24) is 10.2 Å². The zero-order valence-electron chi connectivity index (χ0n) is 10.3. The standard InChI is InChI=1S/C12H10F3N3OS/c1-7-8(6-16-18-7)11(19)17-9-4-2-3-5-10(9)20-12(13,14)15/h2-6H,1H3,(H,16,18)(H,17,19). The zero-order valence-corrected chi connectivity index (χ0v) is 11.1. The number of carbonyl (C=O) groups is 1. The molecule has 0 radical (unpaired) electrons. The Hall–Kier alpha value is -1.96. The molecule has 1 aromatic heterocycles. The van der Waals surface area contributed by atoms with Gasteiger partial charge >= 0.3 is 5.51 Å². The molecule has 8 heteroatoms. The van der Waals surface area contributed by atoms with E-state index in [0.29, 0.717) is 5.69 Å². The lowest BCUT2D eigenvalue weighted by Crippen LogP contribution is -2.13. The van der Waals surface area contributed by atoms with Crippen molar-refractivity contribution in [2.45, 2.75) is 17.3 Å². The van der Waals surface area contributed by atoms with Crippen molar-refractivity contribution in [1.29, 1.82) is 0 Å². The number of para-hydroxylation sites is 1. The van der Waals surface area contributed by atoms with E-state index < -0.39 is 11.4 Å². The number of anilines is 1. The normalized spacial score (nSPS) is 11.4. The first kappa shape index (κ1) is 14.4. The number of aryl methyl sites for hydroxylation is 1. The van der Waals surface area contributed by atoms with Gasteiger partial charge in [0.15, 0.2) is 0 Å². The number of alkyl halides is 3. The Morgan fingerprint density at radius 1 is 1.35 bits per heavy atom. The van der Waals surface area contributed by atoms with Crippen molar-refractivity contribution in [3.63, 3.8) is 0 Å². The Balaban J connectivity index is 2.22. The summed E-state index contributed by atoms with van der Waals surface area (Å²) in [5.74, 6) is -0.508. The van der Waals surface area contributed by atoms with Crippen molar-refractivity contribution in [2.75, 3.05) is 5.32 Å². The molecule has 0 saturated carbocycles. The molecule has 106 valence electrons. The molecular weight excluding hydrogens is 291 g/mol. The van der Waals surface area contributed by atoms with Gasteiger partial charge in [0, 0.05) is 10.6 Å². The minimum absolute atomic E-state index is 0.0607. The van der Waals surface area contributed by atoms with Gasteiger partial charge in [-0.15, -0.1) is 0 Å². The first-order valence-electron chi connectivity index (χ1n) is 5.53. The molecule has 0 aliphatic heterocycles. The van der Waals surface area contributed by atoms with Gasteiger partial charge in [0.05, 0.1) is 17.4 Å². The number of thioether (sulfide) groups is 1. The molecule has 1 heterocycles. The maximum absolute atomic E-state index is 12.4. The predicted octanol–water partition coefficient (Wildman–Crippen LogP) is 3.58. The highest BCUT2D eigenvalue weighted by Crippen LogP contribution is 2.40. The van der Waals surface area contributed by atoms with Gasteiger partial charge in [-0.2, -0.15) is 18.3 Å². The van der Waals surface area contributed by atoms with E-state index in [9.17, 15) is 18.0 Å². The molecule has 4 nitrogen and oxygen atoms in total. The second kappa shape index (κ2) is 5.58. The van der Waals surface area contributed by atoms with Crippen LogP contribution in [0.25, 0.3) is 0 Å². The number of hydrogen-bond acceptors (Lipinski definition) is 3. The number of benzene rings is 1. The average Bonchev–Trinajstić information content (AvgIpc) is 2.76. The third-order valence-corrected chi connectivity index (χ3v) is 3.24. The molecular formula is C12H10F3N3OS. The van der Waals surface area contributed by atoms with Crippen LogP contribution in [0.5, 0.6) is 0 Å². The highest BCUT2D eigenvalue weighted by atomic mass is 32.2. The lowest BCUT2D eigenvalue weighted by Gasteiger charge is -2.11. The lowest BCUT2D eigenvalue weighted by atomic mass is 10.2. The number of nitrogens with zero attached hydrogens (tertiary/aromatic N) is 1. The van der Waals surface area contributed by atoms with E-state index in [0.717, 1.165) is 0 Å². The second-order valence-corrected chi connectivity index (χ2v) is 5.01. The van der Waals surface area contributed by atoms with Crippen LogP contribution in [0.1, 0.15) is 16.1 Å². The maximum atomic E-state index is 12.4. The van der Waals surface area contributed by atoms with Gasteiger partial charge in [-0.1, -0.05) is 12.1 Å². The molecule has 0 aliphatic rings. The van der Waals surface area contributed by atoms with E-state index in [-0.39, 0.29) is 27.9 Å². The van der Waals surface area contributed by atoms with Crippen LogP contribution in [0, 0.1) is 6.92 Å². The number of halogens is 3. The molecule has 0 aliphatic carbocycles. The summed E-state index contributed by atoms with van der Waals surface area (Å²) in [6.45, 7) is 1.65. The topological polar surface area (TPSA) is 57.8 Å². The fourth-order valence-corrected chi connectivity index (χ4v) is 2.18. The Labute approximate surface area is 116 Å². The van der Waals surface area contributed by atoms with E-state index in [1.165, 1.54) is 24.4 Å². The Morgan fingerprint density at radius 2 is 2.05 bits per heavy atom. The van der Waals surface area contributed by atoms with E-state index >= 15 is 0 Å². The van der Waals surface area contributed by atoms with Gasteiger partial charge < -0.3 is 5.32 Å². The Kier molecular flexibility index (Phi) is 4.03. The summed E-state index contributed by atoms with van der Waals surface area (Å²) in [4.78, 5) is 11.9. The van der Waals surface area contributed by atoms with Crippen LogP contribution in [-0.2, 0) is 0 Å². The molecule has 2 N–H and O–H groups in total. The monoisotopic (exact) mass is 301 g/mol. The predicted molar refractivity (Wildman–Crippen MR) is 69.6 cm³/mol. The number of H-pyrrole nitrogens is 1. The summed E-state index contributed by atoms with van der Waals surface area (Å²) in [6, 6.07) is 5.75. The van der Waals surface area contributed by atoms with Crippen LogP contribution in [0.3, 0.4) is 0 Å². The summed E-state index contributed by atoms with van der Waals surface area (Å²) in [7, 11) is 0. The smallest absolute Gasteiger partial charge is 0.321 e. The van der Waals surface area contributed by atoms with Crippen LogP contribution in [0.2, 0.25) is 0 Å². The summed E-state index contributed by atoms with van der Waals surface area (Å²) in [5, 5.41) is 8.74. The van der Waals surface area contributed by atoms with Crippen LogP contribution < -0.4 is 5.32 Å². The minimum Gasteiger partial charge on any atom is -0.321 e. The number of nitrogens with one attached hydrogen (secondary N) is 2. The molecule has 20 heavy (non-hydrogen) atoms. The molecule has 0 atom stereocenters. The van der Waals surface area contributed by atoms with Crippen LogP contribution in [0.4, 0.5) is 18.9 Å². The maximum Gasteiger partial charge on any atom is 0.446 e. The molecule has 1 aromatic carbocycles. The van der Waals surface area contributed by atoms with Gasteiger partial charge in [0.25, 0.3) is 5.91 Å². The number of aromatic amines is 1. The fraction of sp³-hybridized carbons (Fsp3) is 0.167. The summed E-state index contributed by atoms with van der Waals surface area (Å²) in [5.41, 5.74) is -3.47. The van der Waals surface area contributed by atoms with E-state index in [4.69, 9.17) is 0 Å². The minimum atomic E-state index is -4.41.